The maximum Gasteiger partial charge on any atom is 0.329 e. The third-order valence-corrected chi connectivity index (χ3v) is 3.23. The Morgan fingerprint density at radius 1 is 1.37 bits per heavy atom. The number of carbonyl (C=O) groups excluding carboxylic acids is 1. The maximum absolute atomic E-state index is 11.8. The molecule has 1 fully saturated rings. The smallest absolute Gasteiger partial charge is 0.329 e. The molecular formula is C14H17NO4. The predicted molar refractivity (Wildman–Crippen MR) is 68.4 cm³/mol. The third-order valence-electron chi connectivity index (χ3n) is 3.23. The summed E-state index contributed by atoms with van der Waals surface area (Å²) in [4.78, 5) is 22.8. The van der Waals surface area contributed by atoms with Crippen LogP contribution in [0.5, 0.6) is 0 Å². The average Bonchev–Trinajstić information content (AvgIpc) is 3.18. The number of hydrogen-bond donors (Lipinski definition) is 2. The summed E-state index contributed by atoms with van der Waals surface area (Å²) in [6, 6.07) is 9.51. The first-order valence-corrected chi connectivity index (χ1v) is 6.24. The molecule has 1 aliphatic rings. The van der Waals surface area contributed by atoms with Crippen LogP contribution < -0.4 is 5.32 Å². The van der Waals surface area contributed by atoms with Crippen molar-refractivity contribution in [3.63, 3.8) is 0 Å². The summed E-state index contributed by atoms with van der Waals surface area (Å²) in [5.74, 6) is -1.35. The quantitative estimate of drug-likeness (QED) is 0.811. The summed E-state index contributed by atoms with van der Waals surface area (Å²) >= 11 is 0. The zero-order chi connectivity index (χ0) is 13.9. The molecule has 0 spiro atoms. The molecule has 0 radical (unpaired) electrons. The van der Waals surface area contributed by atoms with Gasteiger partial charge in [0, 0.05) is 0 Å². The van der Waals surface area contributed by atoms with E-state index in [9.17, 15) is 9.59 Å². The Morgan fingerprint density at radius 2 is 2.00 bits per heavy atom. The number of ether oxygens (including phenoxy) is 1. The molecule has 1 atom stereocenters. The van der Waals surface area contributed by atoms with E-state index in [1.165, 1.54) is 0 Å². The summed E-state index contributed by atoms with van der Waals surface area (Å²) in [5.41, 5.74) is -0.0805. The van der Waals surface area contributed by atoms with Crippen LogP contribution in [0.25, 0.3) is 0 Å². The van der Waals surface area contributed by atoms with Gasteiger partial charge in [-0.05, 0) is 25.3 Å². The summed E-state index contributed by atoms with van der Waals surface area (Å²) in [5, 5.41) is 11.5. The van der Waals surface area contributed by atoms with Gasteiger partial charge in [0.1, 0.15) is 11.6 Å². The van der Waals surface area contributed by atoms with E-state index in [4.69, 9.17) is 9.84 Å². The highest BCUT2D eigenvalue weighted by Crippen LogP contribution is 2.35. The van der Waals surface area contributed by atoms with E-state index < -0.39 is 17.6 Å². The molecule has 1 amide bonds. The van der Waals surface area contributed by atoms with E-state index in [-0.39, 0.29) is 5.91 Å². The number of benzene rings is 1. The summed E-state index contributed by atoms with van der Waals surface area (Å²) in [6.45, 7) is 1.95. The van der Waals surface area contributed by atoms with Gasteiger partial charge in [0.2, 0.25) is 5.91 Å². The second-order valence-electron chi connectivity index (χ2n) is 4.82. The number of rotatable bonds is 6. The first-order chi connectivity index (χ1) is 9.03. The minimum absolute atomic E-state index is 0.329. The van der Waals surface area contributed by atoms with Gasteiger partial charge in [-0.25, -0.2) is 4.79 Å². The highest BCUT2D eigenvalue weighted by atomic mass is 16.5. The van der Waals surface area contributed by atoms with E-state index in [1.54, 1.807) is 6.92 Å². The Bertz CT molecular complexity index is 468. The number of hydrogen-bond acceptors (Lipinski definition) is 3. The van der Waals surface area contributed by atoms with Crippen LogP contribution in [0.2, 0.25) is 0 Å². The van der Waals surface area contributed by atoms with Crippen molar-refractivity contribution in [3.8, 4) is 0 Å². The van der Waals surface area contributed by atoms with Crippen molar-refractivity contribution in [1.29, 1.82) is 0 Å². The van der Waals surface area contributed by atoms with Crippen molar-refractivity contribution < 1.29 is 19.4 Å². The largest absolute Gasteiger partial charge is 0.480 e. The van der Waals surface area contributed by atoms with Crippen LogP contribution in [0.1, 0.15) is 25.3 Å². The van der Waals surface area contributed by atoms with Gasteiger partial charge in [0.25, 0.3) is 0 Å². The van der Waals surface area contributed by atoms with Crippen LogP contribution in [0.3, 0.4) is 0 Å². The molecule has 1 unspecified atom stereocenters. The van der Waals surface area contributed by atoms with Crippen molar-refractivity contribution in [3.05, 3.63) is 35.9 Å². The molecule has 0 heterocycles. The Balaban J connectivity index is 1.82. The van der Waals surface area contributed by atoms with Gasteiger partial charge in [-0.15, -0.1) is 0 Å². The normalized spacial score (nSPS) is 17.5. The molecule has 1 saturated carbocycles. The first-order valence-electron chi connectivity index (χ1n) is 6.24. The molecule has 0 saturated heterocycles. The number of aliphatic carboxylic acids is 1. The van der Waals surface area contributed by atoms with Gasteiger partial charge in [-0.3, -0.25) is 4.79 Å². The number of carboxylic acid groups (broad SMARTS) is 1. The number of amides is 1. The third kappa shape index (κ3) is 3.32. The van der Waals surface area contributed by atoms with Crippen LogP contribution >= 0.6 is 0 Å². The van der Waals surface area contributed by atoms with Crippen LogP contribution in [0.15, 0.2) is 30.3 Å². The van der Waals surface area contributed by atoms with Gasteiger partial charge in [-0.2, -0.15) is 0 Å². The molecule has 0 bridgehead atoms. The van der Waals surface area contributed by atoms with Crippen molar-refractivity contribution in [2.75, 3.05) is 0 Å². The molecule has 2 N–H and O–H groups in total. The first kappa shape index (κ1) is 13.5. The Hall–Kier alpha value is -1.88. The molecule has 2 rings (SSSR count). The lowest BCUT2D eigenvalue weighted by molar-refractivity contribution is -0.145. The van der Waals surface area contributed by atoms with Crippen LogP contribution in [0.4, 0.5) is 0 Å². The zero-order valence-corrected chi connectivity index (χ0v) is 10.8. The summed E-state index contributed by atoms with van der Waals surface area (Å²) < 4.78 is 5.44. The average molecular weight is 263 g/mol. The van der Waals surface area contributed by atoms with Crippen molar-refractivity contribution in [2.24, 2.45) is 0 Å². The highest BCUT2D eigenvalue weighted by Gasteiger charge is 2.52. The maximum atomic E-state index is 11.8. The topological polar surface area (TPSA) is 75.6 Å². The molecule has 1 aromatic carbocycles. The van der Waals surface area contributed by atoms with Crippen molar-refractivity contribution >= 4 is 11.9 Å². The molecule has 5 nitrogen and oxygen atoms in total. The molecule has 0 aliphatic heterocycles. The molecule has 1 aromatic rings. The summed E-state index contributed by atoms with van der Waals surface area (Å²) in [7, 11) is 0. The van der Waals surface area contributed by atoms with E-state index >= 15 is 0 Å². The molecule has 1 aliphatic carbocycles. The highest BCUT2D eigenvalue weighted by molar-refractivity contribution is 5.91. The van der Waals surface area contributed by atoms with Gasteiger partial charge < -0.3 is 15.2 Å². The fourth-order valence-electron chi connectivity index (χ4n) is 1.73. The second kappa shape index (κ2) is 5.40. The standard InChI is InChI=1S/C14H17NO4/c1-10(19-9-11-5-3-2-4-6-11)12(16)15-14(7-8-14)13(17)18/h2-6,10H,7-9H2,1H3,(H,15,16)(H,17,18). The van der Waals surface area contributed by atoms with Crippen molar-refractivity contribution in [2.45, 2.75) is 38.0 Å². The zero-order valence-electron chi connectivity index (χ0n) is 10.8. The Labute approximate surface area is 111 Å². The predicted octanol–water partition coefficient (Wildman–Crippen LogP) is 1.33. The van der Waals surface area contributed by atoms with Gasteiger partial charge >= 0.3 is 5.97 Å². The van der Waals surface area contributed by atoms with Gasteiger partial charge in [0.05, 0.1) is 6.61 Å². The van der Waals surface area contributed by atoms with Gasteiger partial charge in [0.15, 0.2) is 0 Å². The van der Waals surface area contributed by atoms with Gasteiger partial charge in [-0.1, -0.05) is 30.3 Å². The van der Waals surface area contributed by atoms with Crippen LogP contribution in [0, 0.1) is 0 Å². The SMILES string of the molecule is CC(OCc1ccccc1)C(=O)NC1(C(=O)O)CC1. The van der Waals surface area contributed by atoms with Crippen molar-refractivity contribution in [1.82, 2.24) is 5.32 Å². The second-order valence-corrected chi connectivity index (χ2v) is 4.82. The van der Waals surface area contributed by atoms with Crippen LogP contribution in [-0.4, -0.2) is 28.6 Å². The number of nitrogens with one attached hydrogen (secondary N) is 1. The monoisotopic (exact) mass is 263 g/mol. The molecule has 5 heteroatoms. The number of carbonyl (C=O) groups is 2. The molecule has 19 heavy (non-hydrogen) atoms. The Morgan fingerprint density at radius 3 is 2.53 bits per heavy atom. The Kier molecular flexibility index (Phi) is 3.85. The lowest BCUT2D eigenvalue weighted by Gasteiger charge is -2.17. The van der Waals surface area contributed by atoms with E-state index in [0.29, 0.717) is 19.4 Å². The molecule has 102 valence electrons. The van der Waals surface area contributed by atoms with E-state index in [2.05, 4.69) is 5.32 Å². The fourth-order valence-corrected chi connectivity index (χ4v) is 1.73. The minimum atomic E-state index is -1.05. The fraction of sp³-hybridized carbons (Fsp3) is 0.429. The molecule has 0 aromatic heterocycles. The lowest BCUT2D eigenvalue weighted by atomic mass is 10.2. The number of carboxylic acids is 1. The minimum Gasteiger partial charge on any atom is -0.480 e. The van der Waals surface area contributed by atoms with Crippen LogP contribution in [-0.2, 0) is 20.9 Å². The van der Waals surface area contributed by atoms with E-state index in [1.807, 2.05) is 30.3 Å². The summed E-state index contributed by atoms with van der Waals surface area (Å²) in [6.07, 6.45) is 0.302. The van der Waals surface area contributed by atoms with E-state index in [0.717, 1.165) is 5.56 Å². The lowest BCUT2D eigenvalue weighted by Crippen LogP contribution is -2.47. The molecular weight excluding hydrogens is 246 g/mol.